The molecular formula is C13H14BrNO2S. The SMILES string of the molecule is C#CCSCCNCc1ccc(C(=O)O)cc1Br. The summed E-state index contributed by atoms with van der Waals surface area (Å²) in [6.45, 7) is 1.58. The molecule has 0 saturated carbocycles. The number of carboxylic acids is 1. The van der Waals surface area contributed by atoms with Crippen molar-refractivity contribution in [3.8, 4) is 12.3 Å². The van der Waals surface area contributed by atoms with E-state index in [0.29, 0.717) is 6.54 Å². The number of carboxylic acid groups (broad SMARTS) is 1. The van der Waals surface area contributed by atoms with Gasteiger partial charge in [-0.25, -0.2) is 4.79 Å². The van der Waals surface area contributed by atoms with E-state index in [2.05, 4.69) is 27.2 Å². The Kier molecular flexibility index (Phi) is 6.88. The molecule has 96 valence electrons. The number of rotatable bonds is 7. The Balaban J connectivity index is 2.39. The number of aromatic carboxylic acids is 1. The molecule has 0 aromatic heterocycles. The van der Waals surface area contributed by atoms with Crippen molar-refractivity contribution in [3.63, 3.8) is 0 Å². The predicted octanol–water partition coefficient (Wildman–Crippen LogP) is 2.60. The zero-order valence-electron chi connectivity index (χ0n) is 9.78. The molecule has 0 aliphatic carbocycles. The molecule has 0 bridgehead atoms. The minimum atomic E-state index is -0.916. The lowest BCUT2D eigenvalue weighted by atomic mass is 10.1. The van der Waals surface area contributed by atoms with Crippen LogP contribution in [0, 0.1) is 12.3 Å². The Labute approximate surface area is 119 Å². The maximum Gasteiger partial charge on any atom is 0.335 e. The summed E-state index contributed by atoms with van der Waals surface area (Å²) in [7, 11) is 0. The van der Waals surface area contributed by atoms with Crippen LogP contribution < -0.4 is 5.32 Å². The summed E-state index contributed by atoms with van der Waals surface area (Å²) in [6, 6.07) is 5.04. The number of hydrogen-bond acceptors (Lipinski definition) is 3. The zero-order chi connectivity index (χ0) is 13.4. The molecule has 0 spiro atoms. The average Bonchev–Trinajstić information content (AvgIpc) is 2.35. The second kappa shape index (κ2) is 8.20. The van der Waals surface area contributed by atoms with E-state index in [9.17, 15) is 4.79 Å². The van der Waals surface area contributed by atoms with Crippen molar-refractivity contribution in [2.24, 2.45) is 0 Å². The minimum absolute atomic E-state index is 0.287. The third-order valence-corrected chi connectivity index (χ3v) is 3.83. The molecule has 0 fully saturated rings. The smallest absolute Gasteiger partial charge is 0.335 e. The largest absolute Gasteiger partial charge is 0.478 e. The molecule has 0 aliphatic rings. The molecule has 0 radical (unpaired) electrons. The van der Waals surface area contributed by atoms with Crippen molar-refractivity contribution in [1.29, 1.82) is 0 Å². The highest BCUT2D eigenvalue weighted by Gasteiger charge is 2.06. The van der Waals surface area contributed by atoms with Crippen LogP contribution in [0.25, 0.3) is 0 Å². The fourth-order valence-corrected chi connectivity index (χ4v) is 2.39. The number of thioether (sulfide) groups is 1. The number of benzene rings is 1. The van der Waals surface area contributed by atoms with Crippen molar-refractivity contribution in [1.82, 2.24) is 5.32 Å². The Morgan fingerprint density at radius 2 is 2.33 bits per heavy atom. The molecule has 18 heavy (non-hydrogen) atoms. The molecule has 0 saturated heterocycles. The van der Waals surface area contributed by atoms with Crippen LogP contribution in [0.5, 0.6) is 0 Å². The number of nitrogens with one attached hydrogen (secondary N) is 1. The summed E-state index contributed by atoms with van der Waals surface area (Å²) in [5.41, 5.74) is 1.33. The van der Waals surface area contributed by atoms with Crippen LogP contribution in [0.3, 0.4) is 0 Å². The Morgan fingerprint density at radius 1 is 1.56 bits per heavy atom. The van der Waals surface area contributed by atoms with Gasteiger partial charge in [0.1, 0.15) is 0 Å². The van der Waals surface area contributed by atoms with Gasteiger partial charge in [0, 0.05) is 23.3 Å². The lowest BCUT2D eigenvalue weighted by Gasteiger charge is -2.07. The molecule has 1 aromatic rings. The molecule has 0 aliphatic heterocycles. The second-order valence-electron chi connectivity index (χ2n) is 3.54. The molecule has 0 unspecified atom stereocenters. The van der Waals surface area contributed by atoms with Crippen molar-refractivity contribution < 1.29 is 9.90 Å². The third-order valence-electron chi connectivity index (χ3n) is 2.22. The fraction of sp³-hybridized carbons (Fsp3) is 0.308. The zero-order valence-corrected chi connectivity index (χ0v) is 12.2. The van der Waals surface area contributed by atoms with Gasteiger partial charge in [0.05, 0.1) is 11.3 Å². The van der Waals surface area contributed by atoms with Gasteiger partial charge in [0.25, 0.3) is 0 Å². The first kappa shape index (κ1) is 15.1. The van der Waals surface area contributed by atoms with Crippen molar-refractivity contribution in [2.45, 2.75) is 6.54 Å². The number of halogens is 1. The first-order valence-electron chi connectivity index (χ1n) is 5.38. The highest BCUT2D eigenvalue weighted by Crippen LogP contribution is 2.18. The quantitative estimate of drug-likeness (QED) is 0.597. The highest BCUT2D eigenvalue weighted by atomic mass is 79.9. The third kappa shape index (κ3) is 5.13. The molecule has 0 amide bonds. The van der Waals surface area contributed by atoms with E-state index in [1.54, 1.807) is 23.9 Å². The molecule has 5 heteroatoms. The molecule has 1 aromatic carbocycles. The summed E-state index contributed by atoms with van der Waals surface area (Å²) in [4.78, 5) is 10.8. The number of terminal acetylenes is 1. The van der Waals surface area contributed by atoms with Gasteiger partial charge in [-0.3, -0.25) is 0 Å². The monoisotopic (exact) mass is 327 g/mol. The maximum atomic E-state index is 10.8. The summed E-state index contributed by atoms with van der Waals surface area (Å²) >= 11 is 5.09. The number of carbonyl (C=O) groups is 1. The van der Waals surface area contributed by atoms with E-state index in [1.165, 1.54) is 0 Å². The van der Waals surface area contributed by atoms with Gasteiger partial charge in [-0.15, -0.1) is 18.2 Å². The summed E-state index contributed by atoms with van der Waals surface area (Å²) in [6.07, 6.45) is 5.15. The van der Waals surface area contributed by atoms with Crippen molar-refractivity contribution in [3.05, 3.63) is 33.8 Å². The number of hydrogen-bond donors (Lipinski definition) is 2. The van der Waals surface area contributed by atoms with Gasteiger partial charge < -0.3 is 10.4 Å². The van der Waals surface area contributed by atoms with Crippen LogP contribution in [-0.2, 0) is 6.54 Å². The molecule has 1 rings (SSSR count). The average molecular weight is 328 g/mol. The summed E-state index contributed by atoms with van der Waals surface area (Å²) in [5, 5.41) is 12.1. The van der Waals surface area contributed by atoms with Gasteiger partial charge in [0.15, 0.2) is 0 Å². The fourth-order valence-electron chi connectivity index (χ4n) is 1.32. The molecule has 0 heterocycles. The van der Waals surface area contributed by atoms with Gasteiger partial charge >= 0.3 is 5.97 Å². The van der Waals surface area contributed by atoms with Crippen molar-refractivity contribution >= 4 is 33.7 Å². The van der Waals surface area contributed by atoms with Crippen LogP contribution in [0.1, 0.15) is 15.9 Å². The Morgan fingerprint density at radius 3 is 2.94 bits per heavy atom. The summed E-state index contributed by atoms with van der Waals surface area (Å²) < 4.78 is 0.811. The summed E-state index contributed by atoms with van der Waals surface area (Å²) in [5.74, 6) is 3.36. The van der Waals surface area contributed by atoms with Crippen LogP contribution >= 0.6 is 27.7 Å². The maximum absolute atomic E-state index is 10.8. The van der Waals surface area contributed by atoms with E-state index in [1.807, 2.05) is 6.07 Å². The highest BCUT2D eigenvalue weighted by molar-refractivity contribution is 9.10. The van der Waals surface area contributed by atoms with Crippen LogP contribution in [-0.4, -0.2) is 29.1 Å². The van der Waals surface area contributed by atoms with Crippen LogP contribution in [0.4, 0.5) is 0 Å². The van der Waals surface area contributed by atoms with E-state index in [4.69, 9.17) is 11.5 Å². The first-order valence-corrected chi connectivity index (χ1v) is 7.33. The lowest BCUT2D eigenvalue weighted by Crippen LogP contribution is -2.17. The molecule has 3 nitrogen and oxygen atoms in total. The molecular weight excluding hydrogens is 314 g/mol. The Bertz CT molecular complexity index is 457. The Hall–Kier alpha value is -0.960. The van der Waals surface area contributed by atoms with E-state index < -0.39 is 5.97 Å². The molecule has 0 atom stereocenters. The van der Waals surface area contributed by atoms with E-state index in [0.717, 1.165) is 28.1 Å². The van der Waals surface area contributed by atoms with Crippen LogP contribution in [0.2, 0.25) is 0 Å². The lowest BCUT2D eigenvalue weighted by molar-refractivity contribution is 0.0697. The normalized spacial score (nSPS) is 10.0. The van der Waals surface area contributed by atoms with Crippen molar-refractivity contribution in [2.75, 3.05) is 18.1 Å². The van der Waals surface area contributed by atoms with Gasteiger partial charge in [-0.05, 0) is 17.7 Å². The first-order chi connectivity index (χ1) is 8.65. The van der Waals surface area contributed by atoms with E-state index in [-0.39, 0.29) is 5.56 Å². The minimum Gasteiger partial charge on any atom is -0.478 e. The van der Waals surface area contributed by atoms with Gasteiger partial charge in [-0.1, -0.05) is 27.9 Å². The van der Waals surface area contributed by atoms with Crippen LogP contribution in [0.15, 0.2) is 22.7 Å². The molecule has 2 N–H and O–H groups in total. The second-order valence-corrected chi connectivity index (χ2v) is 5.50. The standard InChI is InChI=1S/C13H14BrNO2S/c1-2-6-18-7-5-15-9-11-4-3-10(13(16)17)8-12(11)14/h1,3-4,8,15H,5-7,9H2,(H,16,17). The topological polar surface area (TPSA) is 49.3 Å². The predicted molar refractivity (Wildman–Crippen MR) is 79.0 cm³/mol. The van der Waals surface area contributed by atoms with Gasteiger partial charge in [-0.2, -0.15) is 0 Å². The van der Waals surface area contributed by atoms with Gasteiger partial charge in [0.2, 0.25) is 0 Å². The van der Waals surface area contributed by atoms with E-state index >= 15 is 0 Å².